The van der Waals surface area contributed by atoms with Crippen LogP contribution in [0, 0.1) is 25.2 Å². The molecule has 0 atom stereocenters. The van der Waals surface area contributed by atoms with Crippen LogP contribution in [0.3, 0.4) is 0 Å². The molecule has 4 rings (SSSR count). The molecule has 198 valence electrons. The first-order valence-electron chi connectivity index (χ1n) is 11.9. The lowest BCUT2D eigenvalue weighted by Crippen LogP contribution is -2.29. The SMILES string of the molecule is COC(=O)Nc1cccc(-c2cccc(-c3cc(C(F)(F)F)c(C#N)c(=O)n3Cc3ccc(C)cc3C)c2)c1. The smallest absolute Gasteiger partial charge is 0.417 e. The lowest BCUT2D eigenvalue weighted by atomic mass is 9.98. The van der Waals surface area contributed by atoms with Crippen LogP contribution in [0.15, 0.2) is 77.6 Å². The first kappa shape index (κ1) is 27.2. The van der Waals surface area contributed by atoms with E-state index in [9.17, 15) is 28.0 Å². The summed E-state index contributed by atoms with van der Waals surface area (Å²) in [5.41, 5.74) is 1.54. The van der Waals surface area contributed by atoms with Gasteiger partial charge < -0.3 is 9.30 Å². The van der Waals surface area contributed by atoms with Crippen molar-refractivity contribution in [2.24, 2.45) is 0 Å². The third kappa shape index (κ3) is 5.85. The fraction of sp³-hybridized carbons (Fsp3) is 0.167. The normalized spacial score (nSPS) is 11.1. The van der Waals surface area contributed by atoms with Gasteiger partial charge in [0.15, 0.2) is 0 Å². The quantitative estimate of drug-likeness (QED) is 0.303. The predicted octanol–water partition coefficient (Wildman–Crippen LogP) is 6.92. The summed E-state index contributed by atoms with van der Waals surface area (Å²) in [6.07, 6.45) is -5.54. The zero-order chi connectivity index (χ0) is 28.3. The predicted molar refractivity (Wildman–Crippen MR) is 142 cm³/mol. The summed E-state index contributed by atoms with van der Waals surface area (Å²) in [5.74, 6) is 0. The van der Waals surface area contributed by atoms with E-state index in [4.69, 9.17) is 0 Å². The van der Waals surface area contributed by atoms with Crippen molar-refractivity contribution < 1.29 is 22.7 Å². The third-order valence-corrected chi connectivity index (χ3v) is 6.33. The van der Waals surface area contributed by atoms with Gasteiger partial charge in [0.25, 0.3) is 5.56 Å². The summed E-state index contributed by atoms with van der Waals surface area (Å²) >= 11 is 0. The topological polar surface area (TPSA) is 84.1 Å². The van der Waals surface area contributed by atoms with Crippen molar-refractivity contribution in [1.82, 2.24) is 4.57 Å². The Bertz CT molecular complexity index is 1670. The van der Waals surface area contributed by atoms with Gasteiger partial charge in [-0.3, -0.25) is 10.1 Å². The number of alkyl halides is 3. The van der Waals surface area contributed by atoms with E-state index in [1.165, 1.54) is 17.7 Å². The highest BCUT2D eigenvalue weighted by Gasteiger charge is 2.36. The number of rotatable bonds is 5. The molecule has 0 aliphatic rings. The van der Waals surface area contributed by atoms with Gasteiger partial charge in [0, 0.05) is 5.69 Å². The number of nitriles is 1. The molecule has 3 aromatic carbocycles. The van der Waals surface area contributed by atoms with Gasteiger partial charge >= 0.3 is 12.3 Å². The zero-order valence-electron chi connectivity index (χ0n) is 21.4. The Morgan fingerprint density at radius 2 is 1.64 bits per heavy atom. The van der Waals surface area contributed by atoms with Crippen LogP contribution in [0.2, 0.25) is 0 Å². The highest BCUT2D eigenvalue weighted by atomic mass is 19.4. The van der Waals surface area contributed by atoms with Gasteiger partial charge in [-0.05, 0) is 65.9 Å². The molecule has 0 radical (unpaired) electrons. The fourth-order valence-electron chi connectivity index (χ4n) is 4.37. The number of pyridine rings is 1. The summed E-state index contributed by atoms with van der Waals surface area (Å²) in [6.45, 7) is 3.76. The third-order valence-electron chi connectivity index (χ3n) is 6.33. The van der Waals surface area contributed by atoms with Crippen LogP contribution in [-0.4, -0.2) is 17.8 Å². The highest BCUT2D eigenvalue weighted by Crippen LogP contribution is 2.35. The lowest BCUT2D eigenvalue weighted by Gasteiger charge is -2.19. The Balaban J connectivity index is 1.91. The van der Waals surface area contributed by atoms with Crippen molar-refractivity contribution in [2.45, 2.75) is 26.6 Å². The summed E-state index contributed by atoms with van der Waals surface area (Å²) < 4.78 is 47.7. The minimum atomic E-state index is -4.90. The van der Waals surface area contributed by atoms with Gasteiger partial charge in [-0.1, -0.05) is 54.1 Å². The van der Waals surface area contributed by atoms with Crippen LogP contribution in [0.25, 0.3) is 22.4 Å². The Kier molecular flexibility index (Phi) is 7.58. The molecule has 1 N–H and O–H groups in total. The molecule has 0 bridgehead atoms. The molecule has 4 aromatic rings. The van der Waals surface area contributed by atoms with Crippen LogP contribution < -0.4 is 10.9 Å². The number of halogens is 3. The molecule has 0 aliphatic heterocycles. The number of carbonyl (C=O) groups excluding carboxylic acids is 1. The average Bonchev–Trinajstić information content (AvgIpc) is 2.90. The standard InChI is InChI=1S/C30H24F3N3O3/c1-18-10-11-23(19(2)12-18)17-36-27(15-26(30(31,32)33)25(16-34)28(36)37)22-8-4-6-20(13-22)21-7-5-9-24(14-21)35-29(38)39-3/h4-15H,17H2,1-3H3,(H,35,38). The number of nitrogens with one attached hydrogen (secondary N) is 1. The van der Waals surface area contributed by atoms with E-state index in [2.05, 4.69) is 10.1 Å². The Morgan fingerprint density at radius 3 is 2.28 bits per heavy atom. The van der Waals surface area contributed by atoms with Gasteiger partial charge in [0.05, 0.1) is 24.9 Å². The maximum Gasteiger partial charge on any atom is 0.417 e. The fourth-order valence-corrected chi connectivity index (χ4v) is 4.37. The molecule has 1 aromatic heterocycles. The van der Waals surface area contributed by atoms with Crippen molar-refractivity contribution in [1.29, 1.82) is 5.26 Å². The molecule has 0 fully saturated rings. The molecule has 0 unspecified atom stereocenters. The molecule has 39 heavy (non-hydrogen) atoms. The Morgan fingerprint density at radius 1 is 0.974 bits per heavy atom. The van der Waals surface area contributed by atoms with Gasteiger partial charge in [-0.2, -0.15) is 18.4 Å². The first-order chi connectivity index (χ1) is 18.5. The molecule has 0 saturated carbocycles. The van der Waals surface area contributed by atoms with E-state index in [1.807, 2.05) is 32.0 Å². The summed E-state index contributed by atoms with van der Waals surface area (Å²) in [7, 11) is 1.24. The van der Waals surface area contributed by atoms with Crippen molar-refractivity contribution in [3.63, 3.8) is 0 Å². The van der Waals surface area contributed by atoms with Gasteiger partial charge in [-0.15, -0.1) is 0 Å². The maximum absolute atomic E-state index is 14.0. The Labute approximate surface area is 222 Å². The second-order valence-electron chi connectivity index (χ2n) is 9.03. The van der Waals surface area contributed by atoms with Crippen LogP contribution in [0.4, 0.5) is 23.7 Å². The molecule has 1 amide bonds. The van der Waals surface area contributed by atoms with Crippen molar-refractivity contribution >= 4 is 11.8 Å². The van der Waals surface area contributed by atoms with Crippen molar-refractivity contribution in [3.8, 4) is 28.5 Å². The van der Waals surface area contributed by atoms with Crippen LogP contribution in [-0.2, 0) is 17.5 Å². The Hall–Kier alpha value is -4.84. The minimum Gasteiger partial charge on any atom is -0.453 e. The number of hydrogen-bond acceptors (Lipinski definition) is 4. The lowest BCUT2D eigenvalue weighted by molar-refractivity contribution is -0.137. The van der Waals surface area contributed by atoms with Crippen molar-refractivity contribution in [3.05, 3.63) is 111 Å². The van der Waals surface area contributed by atoms with Crippen LogP contribution in [0.1, 0.15) is 27.8 Å². The molecule has 0 spiro atoms. The highest BCUT2D eigenvalue weighted by molar-refractivity contribution is 5.86. The second kappa shape index (κ2) is 10.9. The molecular formula is C30H24F3N3O3. The summed E-state index contributed by atoms with van der Waals surface area (Å²) in [4.78, 5) is 25.0. The summed E-state index contributed by atoms with van der Waals surface area (Å²) in [5, 5.41) is 12.1. The molecular weight excluding hydrogens is 507 g/mol. The molecule has 9 heteroatoms. The van der Waals surface area contributed by atoms with E-state index in [-0.39, 0.29) is 12.2 Å². The molecule has 6 nitrogen and oxygen atoms in total. The molecule has 0 saturated heterocycles. The second-order valence-corrected chi connectivity index (χ2v) is 9.03. The number of benzene rings is 3. The van der Waals surface area contributed by atoms with Crippen LogP contribution in [0.5, 0.6) is 0 Å². The average molecular weight is 532 g/mol. The number of amides is 1. The monoisotopic (exact) mass is 531 g/mol. The maximum atomic E-state index is 14.0. The van der Waals surface area contributed by atoms with E-state index >= 15 is 0 Å². The number of anilines is 1. The number of carbonyl (C=O) groups is 1. The van der Waals surface area contributed by atoms with Gasteiger partial charge in [-0.25, -0.2) is 4.79 Å². The largest absolute Gasteiger partial charge is 0.453 e. The molecule has 1 heterocycles. The minimum absolute atomic E-state index is 0.0180. The summed E-state index contributed by atoms with van der Waals surface area (Å²) in [6, 6.07) is 21.5. The van der Waals surface area contributed by atoms with Gasteiger partial charge in [0.1, 0.15) is 11.6 Å². The van der Waals surface area contributed by atoms with E-state index < -0.39 is 29.0 Å². The van der Waals surface area contributed by atoms with E-state index in [1.54, 1.807) is 48.5 Å². The van der Waals surface area contributed by atoms with E-state index in [0.29, 0.717) is 22.4 Å². The zero-order valence-corrected chi connectivity index (χ0v) is 21.4. The van der Waals surface area contributed by atoms with E-state index in [0.717, 1.165) is 22.8 Å². The number of nitrogens with zero attached hydrogens (tertiary/aromatic N) is 2. The number of aromatic nitrogens is 1. The number of methoxy groups -OCH3 is 1. The molecule has 0 aliphatic carbocycles. The number of ether oxygens (including phenoxy) is 1. The van der Waals surface area contributed by atoms with Crippen molar-refractivity contribution in [2.75, 3.05) is 12.4 Å². The number of hydrogen-bond donors (Lipinski definition) is 1. The van der Waals surface area contributed by atoms with Crippen LogP contribution >= 0.6 is 0 Å². The first-order valence-corrected chi connectivity index (χ1v) is 11.9. The number of aryl methyl sites for hydroxylation is 2. The van der Waals surface area contributed by atoms with Gasteiger partial charge in [0.2, 0.25) is 0 Å².